The van der Waals surface area contributed by atoms with E-state index in [4.69, 9.17) is 4.74 Å². The minimum atomic E-state index is -0.429. The van der Waals surface area contributed by atoms with Crippen LogP contribution in [0.5, 0.6) is 5.75 Å². The van der Waals surface area contributed by atoms with Gasteiger partial charge in [-0.15, -0.1) is 0 Å². The van der Waals surface area contributed by atoms with Crippen LogP contribution in [0.4, 0.5) is 4.79 Å². The highest BCUT2D eigenvalue weighted by Crippen LogP contribution is 2.24. The van der Waals surface area contributed by atoms with Crippen molar-refractivity contribution in [3.63, 3.8) is 0 Å². The molecule has 1 aliphatic rings. The van der Waals surface area contributed by atoms with Crippen LogP contribution in [-0.2, 0) is 13.0 Å². The molecular formula is C26H27BrN2O2. The molecule has 1 N–H and O–H groups in total. The molecular weight excluding hydrogens is 452 g/mol. The average Bonchev–Trinajstić information content (AvgIpc) is 3.29. The van der Waals surface area contributed by atoms with Crippen molar-refractivity contribution in [3.05, 3.63) is 88.4 Å². The zero-order chi connectivity index (χ0) is 21.5. The maximum Gasteiger partial charge on any atom is 0.412 e. The highest BCUT2D eigenvalue weighted by molar-refractivity contribution is 9.10. The number of hydrogen-bond acceptors (Lipinski definition) is 3. The normalized spacial score (nSPS) is 13.8. The molecule has 0 unspecified atom stereocenters. The van der Waals surface area contributed by atoms with E-state index in [-0.39, 0.29) is 0 Å². The molecule has 1 aliphatic heterocycles. The average molecular weight is 479 g/mol. The lowest BCUT2D eigenvalue weighted by atomic mass is 10.1. The number of halogens is 1. The standard InChI is InChI=1S/C26H27BrN2O2/c27-24-11-7-22(8-12-24)23-9-13-25(14-10-23)31-26(30)28-16-15-20-3-5-21(6-4-20)19-29-17-1-2-18-29/h3-14H,1-2,15-19H2,(H,28,30). The summed E-state index contributed by atoms with van der Waals surface area (Å²) in [5.41, 5.74) is 4.76. The summed E-state index contributed by atoms with van der Waals surface area (Å²) in [6, 6.07) is 24.3. The molecule has 1 heterocycles. The van der Waals surface area contributed by atoms with Crippen LogP contribution in [0, 0.1) is 0 Å². The number of benzene rings is 3. The number of ether oxygens (including phenoxy) is 1. The Morgan fingerprint density at radius 2 is 1.42 bits per heavy atom. The third-order valence-corrected chi connectivity index (χ3v) is 6.08. The minimum absolute atomic E-state index is 0.429. The van der Waals surface area contributed by atoms with Crippen LogP contribution in [0.3, 0.4) is 0 Å². The SMILES string of the molecule is O=C(NCCc1ccc(CN2CCCC2)cc1)Oc1ccc(-c2ccc(Br)cc2)cc1. The Morgan fingerprint density at radius 1 is 0.839 bits per heavy atom. The topological polar surface area (TPSA) is 41.6 Å². The summed E-state index contributed by atoms with van der Waals surface area (Å²) >= 11 is 3.44. The molecule has 1 saturated heterocycles. The van der Waals surface area contributed by atoms with Crippen molar-refractivity contribution in [3.8, 4) is 16.9 Å². The van der Waals surface area contributed by atoms with Crippen molar-refractivity contribution in [2.24, 2.45) is 0 Å². The first-order valence-electron chi connectivity index (χ1n) is 10.8. The predicted molar refractivity (Wildman–Crippen MR) is 128 cm³/mol. The molecule has 1 fully saturated rings. The molecule has 0 saturated carbocycles. The Balaban J connectivity index is 1.20. The van der Waals surface area contributed by atoms with E-state index in [2.05, 4.69) is 50.4 Å². The van der Waals surface area contributed by atoms with Crippen LogP contribution in [0.25, 0.3) is 11.1 Å². The fourth-order valence-electron chi connectivity index (χ4n) is 3.82. The number of carbonyl (C=O) groups is 1. The Hall–Kier alpha value is -2.63. The van der Waals surface area contributed by atoms with Gasteiger partial charge in [-0.05, 0) is 78.9 Å². The predicted octanol–water partition coefficient (Wildman–Crippen LogP) is 6.04. The number of likely N-dealkylation sites (tertiary alicyclic amines) is 1. The van der Waals surface area contributed by atoms with Gasteiger partial charge in [0.1, 0.15) is 5.75 Å². The number of carbonyl (C=O) groups excluding carboxylic acids is 1. The molecule has 0 radical (unpaired) electrons. The second kappa shape index (κ2) is 10.6. The summed E-state index contributed by atoms with van der Waals surface area (Å²) in [6.45, 7) is 3.99. The van der Waals surface area contributed by atoms with E-state index < -0.39 is 6.09 Å². The minimum Gasteiger partial charge on any atom is -0.410 e. The van der Waals surface area contributed by atoms with Crippen molar-refractivity contribution in [2.75, 3.05) is 19.6 Å². The van der Waals surface area contributed by atoms with E-state index >= 15 is 0 Å². The quantitative estimate of drug-likeness (QED) is 0.449. The lowest BCUT2D eigenvalue weighted by molar-refractivity contribution is 0.200. The number of nitrogens with one attached hydrogen (secondary N) is 1. The third kappa shape index (κ3) is 6.42. The maximum atomic E-state index is 12.1. The van der Waals surface area contributed by atoms with E-state index in [9.17, 15) is 4.79 Å². The van der Waals surface area contributed by atoms with Crippen molar-refractivity contribution in [2.45, 2.75) is 25.8 Å². The van der Waals surface area contributed by atoms with E-state index in [1.54, 1.807) is 0 Å². The van der Waals surface area contributed by atoms with E-state index in [1.165, 1.54) is 37.1 Å². The van der Waals surface area contributed by atoms with Crippen LogP contribution in [0.1, 0.15) is 24.0 Å². The summed E-state index contributed by atoms with van der Waals surface area (Å²) in [5.74, 6) is 0.532. The molecule has 4 nitrogen and oxygen atoms in total. The Kier molecular flexibility index (Phi) is 7.39. The van der Waals surface area contributed by atoms with Gasteiger partial charge in [-0.25, -0.2) is 4.79 Å². The highest BCUT2D eigenvalue weighted by Gasteiger charge is 2.11. The molecule has 0 aliphatic carbocycles. The van der Waals surface area contributed by atoms with Gasteiger partial charge in [0.15, 0.2) is 0 Å². The van der Waals surface area contributed by atoms with Crippen LogP contribution in [0.2, 0.25) is 0 Å². The largest absolute Gasteiger partial charge is 0.412 e. The fraction of sp³-hybridized carbons (Fsp3) is 0.269. The Bertz CT molecular complexity index is 979. The number of nitrogens with zero attached hydrogens (tertiary/aromatic N) is 1. The Morgan fingerprint density at radius 3 is 2.06 bits per heavy atom. The third-order valence-electron chi connectivity index (χ3n) is 5.55. The van der Waals surface area contributed by atoms with E-state index in [0.29, 0.717) is 12.3 Å². The second-order valence-corrected chi connectivity index (χ2v) is 8.81. The number of rotatable bonds is 7. The van der Waals surface area contributed by atoms with Gasteiger partial charge >= 0.3 is 6.09 Å². The molecule has 0 spiro atoms. The van der Waals surface area contributed by atoms with E-state index in [0.717, 1.165) is 28.6 Å². The molecule has 160 valence electrons. The van der Waals surface area contributed by atoms with Gasteiger partial charge in [-0.1, -0.05) is 64.5 Å². The lowest BCUT2D eigenvalue weighted by Gasteiger charge is -2.14. The summed E-state index contributed by atoms with van der Waals surface area (Å²) in [6.07, 6.45) is 2.98. The van der Waals surface area contributed by atoms with Crippen molar-refractivity contribution in [1.82, 2.24) is 10.2 Å². The van der Waals surface area contributed by atoms with Gasteiger partial charge < -0.3 is 10.1 Å². The van der Waals surface area contributed by atoms with Gasteiger partial charge in [0, 0.05) is 17.6 Å². The fourth-order valence-corrected chi connectivity index (χ4v) is 4.08. The monoisotopic (exact) mass is 478 g/mol. The molecule has 3 aromatic rings. The van der Waals surface area contributed by atoms with Crippen molar-refractivity contribution in [1.29, 1.82) is 0 Å². The summed E-state index contributed by atoms with van der Waals surface area (Å²) < 4.78 is 6.44. The summed E-state index contributed by atoms with van der Waals surface area (Å²) in [4.78, 5) is 14.6. The van der Waals surface area contributed by atoms with Gasteiger partial charge in [0.2, 0.25) is 0 Å². The lowest BCUT2D eigenvalue weighted by Crippen LogP contribution is -2.28. The van der Waals surface area contributed by atoms with Crippen molar-refractivity contribution < 1.29 is 9.53 Å². The van der Waals surface area contributed by atoms with Gasteiger partial charge in [0.05, 0.1) is 0 Å². The van der Waals surface area contributed by atoms with Crippen LogP contribution in [0.15, 0.2) is 77.3 Å². The molecule has 3 aromatic carbocycles. The first kappa shape index (κ1) is 21.6. The summed E-state index contributed by atoms with van der Waals surface area (Å²) in [7, 11) is 0. The Labute approximate surface area is 192 Å². The second-order valence-electron chi connectivity index (χ2n) is 7.90. The molecule has 0 aromatic heterocycles. The molecule has 0 bridgehead atoms. The smallest absolute Gasteiger partial charge is 0.410 e. The first-order valence-corrected chi connectivity index (χ1v) is 11.6. The highest BCUT2D eigenvalue weighted by atomic mass is 79.9. The zero-order valence-electron chi connectivity index (χ0n) is 17.5. The first-order chi connectivity index (χ1) is 15.2. The van der Waals surface area contributed by atoms with Gasteiger partial charge in [-0.2, -0.15) is 0 Å². The molecule has 1 amide bonds. The molecule has 5 heteroatoms. The van der Waals surface area contributed by atoms with Crippen molar-refractivity contribution >= 4 is 22.0 Å². The van der Waals surface area contributed by atoms with E-state index in [1.807, 2.05) is 48.5 Å². The van der Waals surface area contributed by atoms with Gasteiger partial charge in [0.25, 0.3) is 0 Å². The number of hydrogen-bond donors (Lipinski definition) is 1. The number of amides is 1. The van der Waals surface area contributed by atoms with Gasteiger partial charge in [-0.3, -0.25) is 4.90 Å². The van der Waals surface area contributed by atoms with Crippen LogP contribution in [-0.4, -0.2) is 30.6 Å². The maximum absolute atomic E-state index is 12.1. The molecule has 0 atom stereocenters. The molecule has 4 rings (SSSR count). The van der Waals surface area contributed by atoms with Crippen LogP contribution >= 0.6 is 15.9 Å². The zero-order valence-corrected chi connectivity index (χ0v) is 19.1. The summed E-state index contributed by atoms with van der Waals surface area (Å²) in [5, 5.41) is 2.83. The molecule has 31 heavy (non-hydrogen) atoms. The van der Waals surface area contributed by atoms with Crippen LogP contribution < -0.4 is 10.1 Å².